The van der Waals surface area contributed by atoms with E-state index in [1.165, 1.54) is 30.0 Å². The number of hydrogen-bond donors (Lipinski definition) is 1. The number of thioether (sulfide) groups is 1. The molecule has 1 N–H and O–H groups in total. The van der Waals surface area contributed by atoms with Crippen LogP contribution in [0.3, 0.4) is 0 Å². The van der Waals surface area contributed by atoms with Gasteiger partial charge in [-0.05, 0) is 42.5 Å². The number of anilines is 1. The number of aryl methyl sites for hydroxylation is 1. The van der Waals surface area contributed by atoms with Gasteiger partial charge in [-0.3, -0.25) is 14.5 Å². The van der Waals surface area contributed by atoms with E-state index >= 15 is 4.39 Å². The molecule has 1 aliphatic rings. The van der Waals surface area contributed by atoms with Crippen LogP contribution >= 0.6 is 11.8 Å². The fraction of sp³-hybridized carbons (Fsp3) is 0.120. The first kappa shape index (κ1) is 21.5. The van der Waals surface area contributed by atoms with Gasteiger partial charge in [0.1, 0.15) is 23.1 Å². The lowest BCUT2D eigenvalue weighted by Gasteiger charge is -2.17. The van der Waals surface area contributed by atoms with Crippen molar-refractivity contribution in [1.82, 2.24) is 24.5 Å². The van der Waals surface area contributed by atoms with Crippen molar-refractivity contribution in [3.8, 4) is 17.1 Å². The monoisotopic (exact) mass is 488 g/mol. The Morgan fingerprint density at radius 3 is 2.71 bits per heavy atom. The van der Waals surface area contributed by atoms with Gasteiger partial charge in [0, 0.05) is 35.8 Å². The molecule has 5 aromatic rings. The number of aromatic nitrogens is 5. The van der Waals surface area contributed by atoms with Gasteiger partial charge in [0.15, 0.2) is 0 Å². The molecule has 174 valence electrons. The molecule has 1 atom stereocenters. The molecular weight excluding hydrogens is 470 g/mol. The lowest BCUT2D eigenvalue weighted by atomic mass is 10.00. The Kier molecular flexibility index (Phi) is 5.10. The summed E-state index contributed by atoms with van der Waals surface area (Å²) >= 11 is 1.34. The Bertz CT molecular complexity index is 1580. The fourth-order valence-corrected chi connectivity index (χ4v) is 5.48. The van der Waals surface area contributed by atoms with E-state index in [4.69, 9.17) is 0 Å². The predicted molar refractivity (Wildman–Crippen MR) is 130 cm³/mol. The van der Waals surface area contributed by atoms with Gasteiger partial charge in [0.25, 0.3) is 0 Å². The van der Waals surface area contributed by atoms with Crippen LogP contribution in [-0.4, -0.2) is 36.2 Å². The van der Waals surface area contributed by atoms with Crippen LogP contribution in [-0.2, 0) is 11.8 Å². The normalized spacial score (nSPS) is 15.6. The zero-order chi connectivity index (χ0) is 24.1. The number of nitrogens with zero attached hydrogens (tertiary/aromatic N) is 5. The Morgan fingerprint density at radius 1 is 1.11 bits per heavy atom. The SMILES string of the molecule is Cn1nc(-c2ccccn2)c2c1NC(=O)CSC2c1cc2cnn(-c3ccc(F)cc3)c2cc1F. The van der Waals surface area contributed by atoms with Gasteiger partial charge in [-0.15, -0.1) is 11.8 Å². The van der Waals surface area contributed by atoms with E-state index in [1.54, 1.807) is 47.0 Å². The molecule has 6 rings (SSSR count). The summed E-state index contributed by atoms with van der Waals surface area (Å²) in [5.74, 6) is -0.293. The maximum atomic E-state index is 15.7. The van der Waals surface area contributed by atoms with Crippen LogP contribution < -0.4 is 5.32 Å². The van der Waals surface area contributed by atoms with Gasteiger partial charge in [0.05, 0.1) is 34.1 Å². The summed E-state index contributed by atoms with van der Waals surface area (Å²) in [6.07, 6.45) is 3.32. The van der Waals surface area contributed by atoms with E-state index in [-0.39, 0.29) is 17.5 Å². The maximum Gasteiger partial charge on any atom is 0.235 e. The zero-order valence-corrected chi connectivity index (χ0v) is 19.3. The second kappa shape index (κ2) is 8.31. The lowest BCUT2D eigenvalue weighted by molar-refractivity contribution is -0.113. The second-order valence-corrected chi connectivity index (χ2v) is 9.25. The van der Waals surface area contributed by atoms with E-state index in [9.17, 15) is 9.18 Å². The van der Waals surface area contributed by atoms with Gasteiger partial charge < -0.3 is 5.32 Å². The van der Waals surface area contributed by atoms with Gasteiger partial charge in [0.2, 0.25) is 5.91 Å². The molecule has 0 saturated heterocycles. The summed E-state index contributed by atoms with van der Waals surface area (Å²) in [5.41, 5.74) is 3.53. The average molecular weight is 489 g/mol. The maximum absolute atomic E-state index is 15.7. The highest BCUT2D eigenvalue weighted by atomic mass is 32.2. The van der Waals surface area contributed by atoms with Crippen molar-refractivity contribution >= 4 is 34.4 Å². The Morgan fingerprint density at radius 2 is 1.94 bits per heavy atom. The molecule has 1 unspecified atom stereocenters. The Hall–Kier alpha value is -4.05. The van der Waals surface area contributed by atoms with Crippen LogP contribution in [0.4, 0.5) is 14.6 Å². The molecule has 1 amide bonds. The molecule has 35 heavy (non-hydrogen) atoms. The molecule has 4 heterocycles. The first-order valence-corrected chi connectivity index (χ1v) is 11.9. The first-order valence-electron chi connectivity index (χ1n) is 10.8. The van der Waals surface area contributed by atoms with Crippen molar-refractivity contribution in [2.45, 2.75) is 5.25 Å². The summed E-state index contributed by atoms with van der Waals surface area (Å²) in [6.45, 7) is 0. The van der Waals surface area contributed by atoms with Crippen molar-refractivity contribution in [1.29, 1.82) is 0 Å². The number of carbonyl (C=O) groups is 1. The molecule has 0 radical (unpaired) electrons. The third-order valence-electron chi connectivity index (χ3n) is 5.93. The van der Waals surface area contributed by atoms with E-state index in [2.05, 4.69) is 20.5 Å². The van der Waals surface area contributed by atoms with Gasteiger partial charge in [-0.25, -0.2) is 13.5 Å². The number of pyridine rings is 1. The number of benzene rings is 2. The highest BCUT2D eigenvalue weighted by molar-refractivity contribution is 8.00. The number of amides is 1. The summed E-state index contributed by atoms with van der Waals surface area (Å²) in [7, 11) is 1.74. The van der Waals surface area contributed by atoms with Gasteiger partial charge in [-0.1, -0.05) is 6.07 Å². The minimum Gasteiger partial charge on any atom is -0.310 e. The van der Waals surface area contributed by atoms with Crippen LogP contribution in [0.15, 0.2) is 67.0 Å². The molecule has 1 aliphatic heterocycles. The summed E-state index contributed by atoms with van der Waals surface area (Å²) in [5, 5.41) is 12.1. The third kappa shape index (κ3) is 3.66. The van der Waals surface area contributed by atoms with Crippen LogP contribution in [0.1, 0.15) is 16.4 Å². The molecule has 0 bridgehead atoms. The lowest BCUT2D eigenvalue weighted by Crippen LogP contribution is -2.15. The molecule has 0 aliphatic carbocycles. The van der Waals surface area contributed by atoms with Crippen molar-refractivity contribution in [3.05, 3.63) is 89.8 Å². The first-order chi connectivity index (χ1) is 17.0. The largest absolute Gasteiger partial charge is 0.310 e. The number of nitrogens with one attached hydrogen (secondary N) is 1. The molecule has 0 spiro atoms. The minimum absolute atomic E-state index is 0.160. The van der Waals surface area contributed by atoms with Crippen molar-refractivity contribution < 1.29 is 13.6 Å². The molecule has 2 aromatic carbocycles. The fourth-order valence-electron chi connectivity index (χ4n) is 4.34. The molecule has 0 fully saturated rings. The van der Waals surface area contributed by atoms with E-state index in [0.717, 1.165) is 5.39 Å². The van der Waals surface area contributed by atoms with E-state index in [1.807, 2.05) is 18.2 Å². The van der Waals surface area contributed by atoms with Gasteiger partial charge in [-0.2, -0.15) is 10.2 Å². The number of halogens is 2. The Balaban J connectivity index is 1.52. The standard InChI is InChI=1S/C25H18F2N6OS/c1-32-25-22(23(31-32)19-4-2-3-9-28-19)24(35-13-21(34)30-25)17-10-14-12-29-33(20(14)11-18(17)27)16-7-5-15(26)6-8-16/h2-12,24H,13H2,1H3,(H,30,34). The number of rotatable bonds is 3. The summed E-state index contributed by atoms with van der Waals surface area (Å²) < 4.78 is 32.3. The smallest absolute Gasteiger partial charge is 0.235 e. The van der Waals surface area contributed by atoms with Crippen LogP contribution in [0, 0.1) is 11.6 Å². The number of carbonyl (C=O) groups excluding carboxylic acids is 1. The van der Waals surface area contributed by atoms with E-state index in [0.29, 0.717) is 39.5 Å². The highest BCUT2D eigenvalue weighted by Gasteiger charge is 2.33. The predicted octanol–water partition coefficient (Wildman–Crippen LogP) is 4.87. The average Bonchev–Trinajstić information content (AvgIpc) is 3.35. The molecule has 3 aromatic heterocycles. The third-order valence-corrected chi connectivity index (χ3v) is 7.18. The second-order valence-electron chi connectivity index (χ2n) is 8.15. The van der Waals surface area contributed by atoms with Crippen molar-refractivity contribution in [3.63, 3.8) is 0 Å². The van der Waals surface area contributed by atoms with Crippen LogP contribution in [0.5, 0.6) is 0 Å². The van der Waals surface area contributed by atoms with E-state index < -0.39 is 11.1 Å². The zero-order valence-electron chi connectivity index (χ0n) is 18.4. The van der Waals surface area contributed by atoms with Crippen molar-refractivity contribution in [2.75, 3.05) is 11.1 Å². The molecule has 10 heteroatoms. The van der Waals surface area contributed by atoms with Crippen LogP contribution in [0.25, 0.3) is 28.0 Å². The summed E-state index contributed by atoms with van der Waals surface area (Å²) in [4.78, 5) is 16.9. The molecular formula is C25H18F2N6OS. The highest BCUT2D eigenvalue weighted by Crippen LogP contribution is 2.47. The van der Waals surface area contributed by atoms with Crippen molar-refractivity contribution in [2.24, 2.45) is 7.05 Å². The summed E-state index contributed by atoms with van der Waals surface area (Å²) in [6, 6.07) is 14.5. The van der Waals surface area contributed by atoms with Gasteiger partial charge >= 0.3 is 0 Å². The topological polar surface area (TPSA) is 77.6 Å². The Labute approximate surface area is 202 Å². The molecule has 0 saturated carbocycles. The number of fused-ring (bicyclic) bond motifs is 2. The van der Waals surface area contributed by atoms with Crippen LogP contribution in [0.2, 0.25) is 0 Å². The minimum atomic E-state index is -0.506. The quantitative estimate of drug-likeness (QED) is 0.392. The molecule has 7 nitrogen and oxygen atoms in total. The number of hydrogen-bond acceptors (Lipinski definition) is 5.